The lowest BCUT2D eigenvalue weighted by molar-refractivity contribution is 0.436. The Morgan fingerprint density at radius 1 is 0.630 bits per heavy atom. The third-order valence-corrected chi connectivity index (χ3v) is 12.5. The van der Waals surface area contributed by atoms with Gasteiger partial charge >= 0.3 is 0 Å². The fraction of sp³-hybridized carbons (Fsp3) is 0.0600. The van der Waals surface area contributed by atoms with Gasteiger partial charge in [-0.15, -0.1) is 0 Å². The lowest BCUT2D eigenvalue weighted by atomic mass is 9.66. The number of nitrogens with zero attached hydrogens (tertiary/aromatic N) is 2. The van der Waals surface area contributed by atoms with Crippen LogP contribution in [0.1, 0.15) is 44.5 Å². The van der Waals surface area contributed by atoms with E-state index in [9.17, 15) is 0 Å². The fourth-order valence-corrected chi connectivity index (χ4v) is 10.4. The molecule has 3 heterocycles. The molecule has 13 rings (SSSR count). The number of guanidine groups is 1. The molecule has 54 heavy (non-hydrogen) atoms. The van der Waals surface area contributed by atoms with E-state index >= 15 is 0 Å². The summed E-state index contributed by atoms with van der Waals surface area (Å²) < 4.78 is 6.63. The highest BCUT2D eigenvalue weighted by Gasteiger charge is 2.69. The van der Waals surface area contributed by atoms with Crippen molar-refractivity contribution in [1.82, 2.24) is 5.32 Å². The molecule has 0 fully saturated rings. The molecule has 0 saturated heterocycles. The largest absolute Gasteiger partial charge is 0.457 e. The molecule has 0 aromatic heterocycles. The summed E-state index contributed by atoms with van der Waals surface area (Å²) in [5, 5.41) is 6.32. The SMILES string of the molecule is C1#CC2N=C(N3c4c(ccc5ccccc45)C34c3ccc5c(c34)-c3ccccc3C53c4ccccc4Oc4ccccc43)NC(c3ccccc3)=C2C=C1. The summed E-state index contributed by atoms with van der Waals surface area (Å²) in [7, 11) is 0. The second kappa shape index (κ2) is 9.86. The molecule has 7 aromatic carbocycles. The molecule has 2 atom stereocenters. The normalized spacial score (nSPS) is 20.5. The summed E-state index contributed by atoms with van der Waals surface area (Å²) in [6.45, 7) is 0. The number of hydrogen-bond acceptors (Lipinski definition) is 4. The van der Waals surface area contributed by atoms with Crippen LogP contribution in [0.15, 0.2) is 174 Å². The summed E-state index contributed by atoms with van der Waals surface area (Å²) >= 11 is 0. The second-order valence-electron chi connectivity index (χ2n) is 14.8. The van der Waals surface area contributed by atoms with Crippen molar-refractivity contribution in [3.8, 4) is 34.5 Å². The molecule has 6 aliphatic rings. The predicted octanol–water partition coefficient (Wildman–Crippen LogP) is 10.0. The first-order chi connectivity index (χ1) is 26.8. The van der Waals surface area contributed by atoms with Crippen LogP contribution in [0, 0.1) is 11.8 Å². The molecule has 3 aliphatic heterocycles. The summed E-state index contributed by atoms with van der Waals surface area (Å²) in [4.78, 5) is 7.93. The van der Waals surface area contributed by atoms with Crippen LogP contribution in [0.3, 0.4) is 0 Å². The summed E-state index contributed by atoms with van der Waals surface area (Å²) in [5.41, 5.74) is 15.0. The Bertz CT molecular complexity index is 2990. The summed E-state index contributed by atoms with van der Waals surface area (Å²) in [6.07, 6.45) is 4.05. The molecule has 0 saturated carbocycles. The Morgan fingerprint density at radius 3 is 2.15 bits per heavy atom. The molecule has 0 bridgehead atoms. The molecule has 7 aromatic rings. The van der Waals surface area contributed by atoms with Crippen LogP contribution in [0.4, 0.5) is 5.69 Å². The van der Waals surface area contributed by atoms with Gasteiger partial charge in [-0.3, -0.25) is 4.90 Å². The van der Waals surface area contributed by atoms with E-state index in [0.717, 1.165) is 34.3 Å². The first kappa shape index (κ1) is 28.5. The summed E-state index contributed by atoms with van der Waals surface area (Å²) in [6, 6.07) is 54.7. The number of benzene rings is 7. The van der Waals surface area contributed by atoms with Gasteiger partial charge in [0.25, 0.3) is 0 Å². The van der Waals surface area contributed by atoms with Crippen LogP contribution >= 0.6 is 0 Å². The number of aliphatic imine (C=N–C) groups is 1. The maximum Gasteiger partial charge on any atom is 0.206 e. The van der Waals surface area contributed by atoms with Gasteiger partial charge in [0.2, 0.25) is 5.96 Å². The average Bonchev–Trinajstić information content (AvgIpc) is 3.85. The van der Waals surface area contributed by atoms with Gasteiger partial charge < -0.3 is 10.1 Å². The van der Waals surface area contributed by atoms with Crippen molar-refractivity contribution in [2.45, 2.75) is 17.0 Å². The molecule has 0 radical (unpaired) electrons. The topological polar surface area (TPSA) is 36.9 Å². The van der Waals surface area contributed by atoms with Gasteiger partial charge in [0, 0.05) is 33.2 Å². The van der Waals surface area contributed by atoms with Gasteiger partial charge in [0.05, 0.1) is 16.8 Å². The minimum atomic E-state index is -0.528. The van der Waals surface area contributed by atoms with E-state index in [1.807, 2.05) is 6.08 Å². The summed E-state index contributed by atoms with van der Waals surface area (Å²) in [5.74, 6) is 9.28. The highest BCUT2D eigenvalue weighted by Crippen LogP contribution is 2.74. The monoisotopic (exact) mass is 687 g/mol. The molecule has 0 amide bonds. The molecule has 1 N–H and O–H groups in total. The van der Waals surface area contributed by atoms with E-state index in [1.165, 1.54) is 66.5 Å². The van der Waals surface area contributed by atoms with Crippen LogP contribution in [-0.4, -0.2) is 12.0 Å². The van der Waals surface area contributed by atoms with Crippen molar-refractivity contribution in [3.05, 3.63) is 214 Å². The number of anilines is 1. The zero-order chi connectivity index (χ0) is 35.2. The number of para-hydroxylation sites is 2. The molecule has 3 aliphatic carbocycles. The van der Waals surface area contributed by atoms with Crippen LogP contribution in [0.5, 0.6) is 11.5 Å². The number of nitrogens with one attached hydrogen (secondary N) is 1. The minimum absolute atomic E-state index is 0.274. The highest BCUT2D eigenvalue weighted by atomic mass is 16.5. The van der Waals surface area contributed by atoms with E-state index in [0.29, 0.717) is 0 Å². The number of rotatable bonds is 1. The smallest absolute Gasteiger partial charge is 0.206 e. The molecule has 4 heteroatoms. The predicted molar refractivity (Wildman–Crippen MR) is 215 cm³/mol. The van der Waals surface area contributed by atoms with Crippen molar-refractivity contribution >= 4 is 28.1 Å². The van der Waals surface area contributed by atoms with Crippen molar-refractivity contribution in [3.63, 3.8) is 0 Å². The van der Waals surface area contributed by atoms with Gasteiger partial charge in [-0.25, -0.2) is 4.99 Å². The van der Waals surface area contributed by atoms with E-state index < -0.39 is 11.0 Å². The Hall–Kier alpha value is -7.09. The van der Waals surface area contributed by atoms with E-state index in [1.54, 1.807) is 0 Å². The Balaban J connectivity index is 1.08. The lowest BCUT2D eigenvalue weighted by Crippen LogP contribution is -2.57. The lowest BCUT2D eigenvalue weighted by Gasteiger charge is -2.48. The van der Waals surface area contributed by atoms with Gasteiger partial charge in [0.15, 0.2) is 0 Å². The van der Waals surface area contributed by atoms with E-state index in [-0.39, 0.29) is 6.04 Å². The maximum atomic E-state index is 6.63. The van der Waals surface area contributed by atoms with Crippen LogP contribution < -0.4 is 15.0 Å². The molecule has 4 nitrogen and oxygen atoms in total. The van der Waals surface area contributed by atoms with Gasteiger partial charge in [-0.1, -0.05) is 151 Å². The van der Waals surface area contributed by atoms with Crippen LogP contribution in [-0.2, 0) is 11.0 Å². The number of ether oxygens (including phenoxy) is 1. The first-order valence-corrected chi connectivity index (χ1v) is 18.6. The fourth-order valence-electron chi connectivity index (χ4n) is 10.4. The zero-order valence-corrected chi connectivity index (χ0v) is 29.0. The number of allylic oxidation sites excluding steroid dienone is 1. The van der Waals surface area contributed by atoms with Gasteiger partial charge in [0.1, 0.15) is 23.1 Å². The number of fused-ring (bicyclic) bond motifs is 18. The van der Waals surface area contributed by atoms with Crippen LogP contribution in [0.25, 0.3) is 27.6 Å². The van der Waals surface area contributed by atoms with Gasteiger partial charge in [-0.2, -0.15) is 0 Å². The van der Waals surface area contributed by atoms with E-state index in [4.69, 9.17) is 9.73 Å². The third-order valence-electron chi connectivity index (χ3n) is 12.5. The molecular formula is C50H29N3O. The van der Waals surface area contributed by atoms with Gasteiger partial charge in [-0.05, 0) is 63.1 Å². The average molecular weight is 688 g/mol. The molecule has 2 unspecified atom stereocenters. The van der Waals surface area contributed by atoms with Crippen molar-refractivity contribution in [1.29, 1.82) is 0 Å². The Labute approximate surface area is 312 Å². The highest BCUT2D eigenvalue weighted by molar-refractivity contribution is 6.19. The Morgan fingerprint density at radius 2 is 1.31 bits per heavy atom. The maximum absolute atomic E-state index is 6.63. The third kappa shape index (κ3) is 3.22. The quantitative estimate of drug-likeness (QED) is 0.175. The Kier molecular flexibility index (Phi) is 5.20. The molecule has 2 spiro atoms. The first-order valence-electron chi connectivity index (χ1n) is 18.6. The second-order valence-corrected chi connectivity index (χ2v) is 14.8. The molecule has 250 valence electrons. The van der Waals surface area contributed by atoms with Crippen molar-refractivity contribution < 1.29 is 4.74 Å². The van der Waals surface area contributed by atoms with Crippen LogP contribution in [0.2, 0.25) is 0 Å². The van der Waals surface area contributed by atoms with Crippen molar-refractivity contribution in [2.24, 2.45) is 4.99 Å². The zero-order valence-electron chi connectivity index (χ0n) is 29.0. The van der Waals surface area contributed by atoms with E-state index in [2.05, 4.69) is 180 Å². The molecular weight excluding hydrogens is 659 g/mol. The van der Waals surface area contributed by atoms with Crippen molar-refractivity contribution in [2.75, 3.05) is 4.90 Å². The minimum Gasteiger partial charge on any atom is -0.457 e. The number of hydrogen-bond donors (Lipinski definition) is 1. The standard InChI is InChI=1S/C50H29N3O/c1-2-15-31(16-3-1)46-34-19-7-11-23-41(34)51-48(52-46)53-47-32-17-5-4-14-30(32)26-27-40(47)50(53)39-29-28-38-44(45(39)50)33-18-6-8-20-35(33)49(38)36-21-9-12-24-42(36)54-43-25-13-10-22-37(43)49/h1-10,12-22,24-29,41H,(H,51,52).